The van der Waals surface area contributed by atoms with Crippen LogP contribution in [0.2, 0.25) is 5.15 Å². The fourth-order valence-electron chi connectivity index (χ4n) is 2.08. The second kappa shape index (κ2) is 5.93. The maximum atomic E-state index is 6.16. The molecule has 1 unspecified atom stereocenters. The Morgan fingerprint density at radius 3 is 2.52 bits per heavy atom. The zero-order chi connectivity index (χ0) is 15.8. The van der Waals surface area contributed by atoms with Crippen LogP contribution in [-0.2, 0) is 5.41 Å². The lowest BCUT2D eigenvalue weighted by molar-refractivity contribution is 0.584. The van der Waals surface area contributed by atoms with Gasteiger partial charge in [-0.25, -0.2) is 9.97 Å². The summed E-state index contributed by atoms with van der Waals surface area (Å²) in [6.45, 7) is 12.8. The quantitative estimate of drug-likeness (QED) is 0.781. The molecule has 114 valence electrons. The molecule has 0 aliphatic heterocycles. The Labute approximate surface area is 135 Å². The fourth-order valence-corrected chi connectivity index (χ4v) is 3.37. The molecule has 0 aliphatic rings. The van der Waals surface area contributed by atoms with Gasteiger partial charge < -0.3 is 5.32 Å². The molecule has 0 saturated heterocycles. The van der Waals surface area contributed by atoms with Crippen molar-refractivity contribution >= 4 is 28.6 Å². The number of nitrogens with zero attached hydrogens (tertiary/aromatic N) is 2. The van der Waals surface area contributed by atoms with Gasteiger partial charge >= 0.3 is 0 Å². The Bertz CT molecular complexity index is 643. The smallest absolute Gasteiger partial charge is 0.152 e. The SMILES string of the molecule is Cc1cnc(Cl)c(NC(C)c2sc(C(C)(C)C)nc2C)c1. The van der Waals surface area contributed by atoms with E-state index in [2.05, 4.69) is 44.9 Å². The molecular formula is C16H22ClN3S. The lowest BCUT2D eigenvalue weighted by Crippen LogP contribution is -2.10. The van der Waals surface area contributed by atoms with E-state index in [1.807, 2.05) is 13.0 Å². The van der Waals surface area contributed by atoms with Gasteiger partial charge in [-0.2, -0.15) is 0 Å². The Hall–Kier alpha value is -1.13. The summed E-state index contributed by atoms with van der Waals surface area (Å²) in [7, 11) is 0. The van der Waals surface area contributed by atoms with Gasteiger partial charge in [0.15, 0.2) is 5.15 Å². The minimum Gasteiger partial charge on any atom is -0.375 e. The first-order valence-corrected chi connectivity index (χ1v) is 8.24. The predicted molar refractivity (Wildman–Crippen MR) is 91.6 cm³/mol. The molecule has 1 atom stereocenters. The van der Waals surface area contributed by atoms with Gasteiger partial charge in [0.2, 0.25) is 0 Å². The number of pyridine rings is 1. The molecule has 0 fully saturated rings. The van der Waals surface area contributed by atoms with Crippen LogP contribution in [0.25, 0.3) is 0 Å². The van der Waals surface area contributed by atoms with Gasteiger partial charge in [-0.3, -0.25) is 0 Å². The van der Waals surface area contributed by atoms with Crippen molar-refractivity contribution < 1.29 is 0 Å². The van der Waals surface area contributed by atoms with Gasteiger partial charge in [0.25, 0.3) is 0 Å². The number of halogens is 1. The summed E-state index contributed by atoms with van der Waals surface area (Å²) in [5.41, 5.74) is 3.12. The second-order valence-electron chi connectivity index (χ2n) is 6.44. The highest BCUT2D eigenvalue weighted by Gasteiger charge is 2.22. The summed E-state index contributed by atoms with van der Waals surface area (Å²) >= 11 is 7.93. The molecular weight excluding hydrogens is 302 g/mol. The topological polar surface area (TPSA) is 37.8 Å². The highest BCUT2D eigenvalue weighted by Crippen LogP contribution is 2.34. The summed E-state index contributed by atoms with van der Waals surface area (Å²) in [6.07, 6.45) is 1.77. The first-order valence-electron chi connectivity index (χ1n) is 7.05. The van der Waals surface area contributed by atoms with Crippen molar-refractivity contribution in [3.05, 3.63) is 38.6 Å². The third kappa shape index (κ3) is 3.74. The molecule has 0 spiro atoms. The summed E-state index contributed by atoms with van der Waals surface area (Å²) < 4.78 is 0. The largest absolute Gasteiger partial charge is 0.375 e. The van der Waals surface area contributed by atoms with E-state index in [1.165, 1.54) is 4.88 Å². The normalized spacial score (nSPS) is 13.3. The average Bonchev–Trinajstić information content (AvgIpc) is 2.76. The third-order valence-corrected chi connectivity index (χ3v) is 5.28. The van der Waals surface area contributed by atoms with Crippen LogP contribution >= 0.6 is 22.9 Å². The monoisotopic (exact) mass is 323 g/mol. The van der Waals surface area contributed by atoms with Crippen LogP contribution in [0.1, 0.15) is 54.9 Å². The molecule has 2 heterocycles. The minimum absolute atomic E-state index is 0.0793. The van der Waals surface area contributed by atoms with Crippen LogP contribution in [-0.4, -0.2) is 9.97 Å². The van der Waals surface area contributed by atoms with Gasteiger partial charge in [-0.1, -0.05) is 32.4 Å². The number of hydrogen-bond acceptors (Lipinski definition) is 4. The molecule has 1 N–H and O–H groups in total. The molecule has 0 aliphatic carbocycles. The van der Waals surface area contributed by atoms with E-state index >= 15 is 0 Å². The molecule has 0 radical (unpaired) electrons. The van der Waals surface area contributed by atoms with E-state index in [0.29, 0.717) is 5.15 Å². The van der Waals surface area contributed by atoms with Crippen LogP contribution in [0.5, 0.6) is 0 Å². The summed E-state index contributed by atoms with van der Waals surface area (Å²) in [5.74, 6) is 0. The van der Waals surface area contributed by atoms with Crippen molar-refractivity contribution in [2.45, 2.75) is 53.0 Å². The highest BCUT2D eigenvalue weighted by atomic mass is 35.5. The van der Waals surface area contributed by atoms with Crippen LogP contribution in [0.4, 0.5) is 5.69 Å². The number of thiazole rings is 1. The Kier molecular flexibility index (Phi) is 4.59. The predicted octanol–water partition coefficient (Wildman–Crippen LogP) is 5.28. The van der Waals surface area contributed by atoms with Crippen LogP contribution in [0.15, 0.2) is 12.3 Å². The first kappa shape index (κ1) is 16.2. The second-order valence-corrected chi connectivity index (χ2v) is 7.82. The number of rotatable bonds is 3. The van der Waals surface area contributed by atoms with E-state index < -0.39 is 0 Å². The van der Waals surface area contributed by atoms with Gasteiger partial charge in [0, 0.05) is 16.5 Å². The summed E-state index contributed by atoms with van der Waals surface area (Å²) in [4.78, 5) is 10.1. The number of hydrogen-bond donors (Lipinski definition) is 1. The molecule has 3 nitrogen and oxygen atoms in total. The fraction of sp³-hybridized carbons (Fsp3) is 0.500. The lowest BCUT2D eigenvalue weighted by atomic mass is 9.98. The van der Waals surface area contributed by atoms with E-state index in [9.17, 15) is 0 Å². The van der Waals surface area contributed by atoms with Crippen LogP contribution in [0.3, 0.4) is 0 Å². The molecule has 0 aromatic carbocycles. The van der Waals surface area contributed by atoms with Gasteiger partial charge in [0.1, 0.15) is 0 Å². The molecule has 0 bridgehead atoms. The van der Waals surface area contributed by atoms with Gasteiger partial charge in [-0.05, 0) is 32.4 Å². The zero-order valence-electron chi connectivity index (χ0n) is 13.4. The van der Waals surface area contributed by atoms with Crippen molar-refractivity contribution in [3.63, 3.8) is 0 Å². The molecule has 0 saturated carbocycles. The molecule has 21 heavy (non-hydrogen) atoms. The van der Waals surface area contributed by atoms with E-state index in [4.69, 9.17) is 16.6 Å². The van der Waals surface area contributed by atoms with E-state index in [1.54, 1.807) is 17.5 Å². The summed E-state index contributed by atoms with van der Waals surface area (Å²) in [6, 6.07) is 2.17. The van der Waals surface area contributed by atoms with Crippen LogP contribution in [0, 0.1) is 13.8 Å². The van der Waals surface area contributed by atoms with Crippen molar-refractivity contribution in [2.24, 2.45) is 0 Å². The Balaban J connectivity index is 2.26. The van der Waals surface area contributed by atoms with Crippen LogP contribution < -0.4 is 5.32 Å². The Morgan fingerprint density at radius 1 is 1.29 bits per heavy atom. The van der Waals surface area contributed by atoms with E-state index in [0.717, 1.165) is 22.0 Å². The van der Waals surface area contributed by atoms with Crippen molar-refractivity contribution in [1.29, 1.82) is 0 Å². The number of anilines is 1. The maximum Gasteiger partial charge on any atom is 0.152 e. The molecule has 2 aromatic heterocycles. The van der Waals surface area contributed by atoms with Crippen molar-refractivity contribution in [3.8, 4) is 0 Å². The molecule has 2 aromatic rings. The standard InChI is InChI=1S/C16H22ClN3S/c1-9-7-12(14(17)18-8-9)19-10(2)13-11(3)20-15(21-13)16(4,5)6/h7-8,10,19H,1-6H3. The van der Waals surface area contributed by atoms with Gasteiger partial charge in [0.05, 0.1) is 22.4 Å². The Morgan fingerprint density at radius 2 is 1.95 bits per heavy atom. The lowest BCUT2D eigenvalue weighted by Gasteiger charge is -2.16. The highest BCUT2D eigenvalue weighted by molar-refractivity contribution is 7.12. The van der Waals surface area contributed by atoms with Crippen molar-refractivity contribution in [2.75, 3.05) is 5.32 Å². The maximum absolute atomic E-state index is 6.16. The molecule has 5 heteroatoms. The zero-order valence-corrected chi connectivity index (χ0v) is 15.0. The van der Waals surface area contributed by atoms with Gasteiger partial charge in [-0.15, -0.1) is 11.3 Å². The summed E-state index contributed by atoms with van der Waals surface area (Å²) in [5, 5.41) is 5.12. The average molecular weight is 324 g/mol. The van der Waals surface area contributed by atoms with Crippen molar-refractivity contribution in [1.82, 2.24) is 9.97 Å². The number of nitrogens with one attached hydrogen (secondary N) is 1. The number of aromatic nitrogens is 2. The third-order valence-electron chi connectivity index (χ3n) is 3.22. The first-order chi connectivity index (χ1) is 9.68. The minimum atomic E-state index is 0.0793. The molecule has 2 rings (SSSR count). The van der Waals surface area contributed by atoms with E-state index in [-0.39, 0.29) is 11.5 Å². The molecule has 0 amide bonds. The number of aryl methyl sites for hydroxylation is 2.